The van der Waals surface area contributed by atoms with Crippen LogP contribution in [0.4, 0.5) is 11.6 Å². The molecule has 0 amide bonds. The lowest BCUT2D eigenvalue weighted by atomic mass is 9.92. The largest absolute Gasteiger partial charge is 0.480 e. The van der Waals surface area contributed by atoms with E-state index in [9.17, 15) is 18.3 Å². The lowest BCUT2D eigenvalue weighted by molar-refractivity contribution is -0.139. The molecule has 44 heavy (non-hydrogen) atoms. The van der Waals surface area contributed by atoms with Gasteiger partial charge < -0.3 is 19.9 Å². The molecule has 1 saturated heterocycles. The molecule has 0 bridgehead atoms. The average Bonchev–Trinajstić information content (AvgIpc) is 3.46. The number of sulfonamides is 1. The van der Waals surface area contributed by atoms with E-state index in [4.69, 9.17) is 4.98 Å². The van der Waals surface area contributed by atoms with Crippen molar-refractivity contribution in [1.82, 2.24) is 29.2 Å². The number of rotatable bonds is 8. The van der Waals surface area contributed by atoms with Gasteiger partial charge in [0.25, 0.3) is 0 Å². The Kier molecular flexibility index (Phi) is 7.34. The number of fused-ring (bicyclic) bond motifs is 3. The monoisotopic (exact) mass is 612 g/mol. The van der Waals surface area contributed by atoms with E-state index in [1.807, 2.05) is 18.2 Å². The molecule has 0 unspecified atom stereocenters. The molecule has 0 spiro atoms. The van der Waals surface area contributed by atoms with E-state index in [0.29, 0.717) is 28.3 Å². The molecular formula is C31H32N8O4S. The number of carboxylic acid groups (broad SMARTS) is 1. The summed E-state index contributed by atoms with van der Waals surface area (Å²) in [7, 11) is -4.16. The number of aliphatic carboxylic acids is 1. The maximum absolute atomic E-state index is 13.4. The van der Waals surface area contributed by atoms with Crippen LogP contribution >= 0.6 is 0 Å². The van der Waals surface area contributed by atoms with Crippen LogP contribution in [0.15, 0.2) is 72.1 Å². The molecule has 2 aliphatic rings. The van der Waals surface area contributed by atoms with Gasteiger partial charge in [0.1, 0.15) is 18.2 Å². The zero-order valence-electron chi connectivity index (χ0n) is 23.9. The highest BCUT2D eigenvalue weighted by Crippen LogP contribution is 2.33. The molecule has 5 heterocycles. The van der Waals surface area contributed by atoms with E-state index in [-0.39, 0.29) is 11.4 Å². The van der Waals surface area contributed by atoms with Crippen LogP contribution in [0.25, 0.3) is 21.9 Å². The highest BCUT2D eigenvalue weighted by molar-refractivity contribution is 7.89. The van der Waals surface area contributed by atoms with E-state index in [2.05, 4.69) is 42.0 Å². The number of hydrogen-bond donors (Lipinski definition) is 3. The van der Waals surface area contributed by atoms with Crippen molar-refractivity contribution in [2.45, 2.75) is 49.1 Å². The highest BCUT2D eigenvalue weighted by atomic mass is 32.2. The minimum absolute atomic E-state index is 0.0206. The van der Waals surface area contributed by atoms with Crippen molar-refractivity contribution >= 4 is 49.6 Å². The fourth-order valence-electron chi connectivity index (χ4n) is 6.23. The fraction of sp³-hybridized carbons (Fsp3) is 0.323. The normalized spacial score (nSPS) is 16.5. The van der Waals surface area contributed by atoms with Gasteiger partial charge in [-0.25, -0.2) is 28.4 Å². The molecule has 226 valence electrons. The summed E-state index contributed by atoms with van der Waals surface area (Å²) in [6.45, 7) is 2.28. The van der Waals surface area contributed by atoms with Crippen LogP contribution in [0, 0.1) is 0 Å². The van der Waals surface area contributed by atoms with Crippen LogP contribution in [0.1, 0.15) is 36.4 Å². The molecule has 1 fully saturated rings. The number of hydrogen-bond acceptors (Lipinski definition) is 9. The summed E-state index contributed by atoms with van der Waals surface area (Å²) in [5, 5.41) is 14.7. The molecule has 0 radical (unpaired) electrons. The third-order valence-corrected chi connectivity index (χ3v) is 10.1. The standard InChI is InChI=1S/C31H32N8O4S/c40-31(41)25(37-44(42,43)26-9-3-6-20-5-1-2-8-23(20)26)17-39-19-35-27-29(33-18-34-30(27)39)38-15-12-21(13-16-38)24-11-10-22-7-4-14-32-28(22)36-24/h1-3,5-6,8-11,18-19,21,25,37H,4,7,12-17H2,(H,32,36)(H,40,41)/t25-/m0/s1. The molecule has 0 saturated carbocycles. The van der Waals surface area contributed by atoms with Gasteiger partial charge in [-0.05, 0) is 48.8 Å². The summed E-state index contributed by atoms with van der Waals surface area (Å²) >= 11 is 0. The van der Waals surface area contributed by atoms with Gasteiger partial charge in [-0.2, -0.15) is 4.72 Å². The first-order valence-electron chi connectivity index (χ1n) is 14.7. The summed E-state index contributed by atoms with van der Waals surface area (Å²) in [5.74, 6) is 0.730. The first-order valence-corrected chi connectivity index (χ1v) is 16.2. The highest BCUT2D eigenvalue weighted by Gasteiger charge is 2.29. The lowest BCUT2D eigenvalue weighted by Crippen LogP contribution is -2.43. The summed E-state index contributed by atoms with van der Waals surface area (Å²) < 4.78 is 30.7. The maximum atomic E-state index is 13.4. The maximum Gasteiger partial charge on any atom is 0.323 e. The number of nitrogens with zero attached hydrogens (tertiary/aromatic N) is 6. The first-order chi connectivity index (χ1) is 21.4. The van der Waals surface area contributed by atoms with E-state index >= 15 is 0 Å². The smallest absolute Gasteiger partial charge is 0.323 e. The molecule has 0 aliphatic carbocycles. The quantitative estimate of drug-likeness (QED) is 0.237. The van der Waals surface area contributed by atoms with Crippen molar-refractivity contribution in [1.29, 1.82) is 0 Å². The Bertz CT molecular complexity index is 1970. The molecule has 1 atom stereocenters. The van der Waals surface area contributed by atoms with E-state index in [1.165, 1.54) is 24.3 Å². The summed E-state index contributed by atoms with van der Waals surface area (Å²) in [5.41, 5.74) is 3.38. The SMILES string of the molecule is O=C(O)[C@H](Cn1cnc2c(N3CCC(c4ccc5c(n4)NCCC5)CC3)ncnc21)NS(=O)(=O)c1cccc2ccccc12. The van der Waals surface area contributed by atoms with Crippen LogP contribution < -0.4 is 14.9 Å². The molecule has 2 aromatic carbocycles. The fourth-order valence-corrected chi connectivity index (χ4v) is 7.64. The predicted molar refractivity (Wildman–Crippen MR) is 166 cm³/mol. The van der Waals surface area contributed by atoms with E-state index in [1.54, 1.807) is 22.8 Å². The van der Waals surface area contributed by atoms with Gasteiger partial charge in [0.2, 0.25) is 10.0 Å². The van der Waals surface area contributed by atoms with Gasteiger partial charge in [0.05, 0.1) is 17.8 Å². The second-order valence-corrected chi connectivity index (χ2v) is 13.0. The molecular weight excluding hydrogens is 580 g/mol. The lowest BCUT2D eigenvalue weighted by Gasteiger charge is -2.33. The molecule has 7 rings (SSSR count). The second kappa shape index (κ2) is 11.5. The van der Waals surface area contributed by atoms with Gasteiger partial charge in [-0.1, -0.05) is 42.5 Å². The molecule has 5 aromatic rings. The van der Waals surface area contributed by atoms with Crippen molar-refractivity contribution in [3.8, 4) is 0 Å². The third-order valence-electron chi connectivity index (χ3n) is 8.52. The zero-order chi connectivity index (χ0) is 30.3. The first kappa shape index (κ1) is 28.2. The summed E-state index contributed by atoms with van der Waals surface area (Å²) in [6.07, 6.45) is 6.95. The number of benzene rings is 2. The summed E-state index contributed by atoms with van der Waals surface area (Å²) in [4.78, 5) is 32.8. The Morgan fingerprint density at radius 1 is 1.05 bits per heavy atom. The third kappa shape index (κ3) is 5.33. The van der Waals surface area contributed by atoms with E-state index in [0.717, 1.165) is 62.2 Å². The van der Waals surface area contributed by atoms with Crippen molar-refractivity contribution in [3.63, 3.8) is 0 Å². The van der Waals surface area contributed by atoms with Crippen LogP contribution in [0.5, 0.6) is 0 Å². The molecule has 3 aromatic heterocycles. The van der Waals surface area contributed by atoms with Crippen molar-refractivity contribution in [2.75, 3.05) is 29.9 Å². The number of carbonyl (C=O) groups is 1. The minimum atomic E-state index is -4.16. The van der Waals surface area contributed by atoms with E-state index < -0.39 is 22.0 Å². The second-order valence-electron chi connectivity index (χ2n) is 11.3. The van der Waals surface area contributed by atoms with Crippen molar-refractivity contribution in [3.05, 3.63) is 78.5 Å². The van der Waals surface area contributed by atoms with Crippen molar-refractivity contribution < 1.29 is 18.3 Å². The van der Waals surface area contributed by atoms with Crippen LogP contribution in [0.3, 0.4) is 0 Å². The Morgan fingerprint density at radius 3 is 2.70 bits per heavy atom. The van der Waals surface area contributed by atoms with Crippen LogP contribution in [-0.2, 0) is 27.8 Å². The topological polar surface area (TPSA) is 155 Å². The minimum Gasteiger partial charge on any atom is -0.480 e. The predicted octanol–water partition coefficient (Wildman–Crippen LogP) is 3.55. The number of pyridine rings is 1. The van der Waals surface area contributed by atoms with Crippen molar-refractivity contribution in [2.24, 2.45) is 0 Å². The Morgan fingerprint density at radius 2 is 1.86 bits per heavy atom. The van der Waals surface area contributed by atoms with Gasteiger partial charge in [0, 0.05) is 36.6 Å². The van der Waals surface area contributed by atoms with Crippen LogP contribution in [0.2, 0.25) is 0 Å². The Hall–Kier alpha value is -4.62. The number of aryl methyl sites for hydroxylation is 1. The number of anilines is 2. The van der Waals surface area contributed by atoms with Gasteiger partial charge >= 0.3 is 5.97 Å². The molecule has 2 aliphatic heterocycles. The van der Waals surface area contributed by atoms with Crippen LogP contribution in [-0.4, -0.2) is 69.7 Å². The number of piperidine rings is 1. The molecule has 3 N–H and O–H groups in total. The number of carboxylic acids is 1. The Balaban J connectivity index is 1.08. The number of aromatic nitrogens is 5. The summed E-state index contributed by atoms with van der Waals surface area (Å²) in [6, 6.07) is 14.9. The van der Waals surface area contributed by atoms with Gasteiger partial charge in [-0.15, -0.1) is 0 Å². The number of nitrogens with one attached hydrogen (secondary N) is 2. The Labute approximate surface area is 254 Å². The molecule has 13 heteroatoms. The number of imidazole rings is 1. The van der Waals surface area contributed by atoms with Gasteiger partial charge in [-0.3, -0.25) is 4.79 Å². The average molecular weight is 613 g/mol. The van der Waals surface area contributed by atoms with Gasteiger partial charge in [0.15, 0.2) is 17.0 Å². The zero-order valence-corrected chi connectivity index (χ0v) is 24.7. The molecule has 12 nitrogen and oxygen atoms in total.